The fourth-order valence-corrected chi connectivity index (χ4v) is 2.84. The number of benzene rings is 1. The van der Waals surface area contributed by atoms with Crippen LogP contribution in [0.2, 0.25) is 0 Å². The lowest BCUT2D eigenvalue weighted by atomic mass is 10.1. The summed E-state index contributed by atoms with van der Waals surface area (Å²) in [5.41, 5.74) is 7.14. The van der Waals surface area contributed by atoms with E-state index in [1.807, 2.05) is 11.8 Å². The summed E-state index contributed by atoms with van der Waals surface area (Å²) in [5.74, 6) is -0.115. The molecule has 3 rings (SSSR count). The first-order chi connectivity index (χ1) is 12.6. The van der Waals surface area contributed by atoms with Gasteiger partial charge in [0.25, 0.3) is 0 Å². The molecule has 1 aromatic carbocycles. The number of aromatic carboxylic acids is 1. The molecule has 0 aliphatic carbocycles. The molecule has 3 N–H and O–H groups in total. The van der Waals surface area contributed by atoms with Gasteiger partial charge in [-0.3, -0.25) is 0 Å². The summed E-state index contributed by atoms with van der Waals surface area (Å²) >= 11 is 0. The van der Waals surface area contributed by atoms with Gasteiger partial charge in [0, 0.05) is 31.4 Å². The molecule has 26 heavy (non-hydrogen) atoms. The Labute approximate surface area is 151 Å². The molecule has 1 saturated heterocycles. The highest BCUT2D eigenvalue weighted by Crippen LogP contribution is 2.27. The first kappa shape index (κ1) is 18.1. The van der Waals surface area contributed by atoms with Crippen LogP contribution in [0.3, 0.4) is 0 Å². The van der Waals surface area contributed by atoms with E-state index in [4.69, 9.17) is 15.2 Å². The fourth-order valence-electron chi connectivity index (χ4n) is 2.84. The van der Waals surface area contributed by atoms with Crippen molar-refractivity contribution in [3.63, 3.8) is 0 Å². The molecule has 0 radical (unpaired) electrons. The van der Waals surface area contributed by atoms with Gasteiger partial charge in [0.2, 0.25) is 5.95 Å². The second-order valence-electron chi connectivity index (χ2n) is 5.87. The van der Waals surface area contributed by atoms with E-state index in [2.05, 4.69) is 9.97 Å². The molecule has 2 heterocycles. The quantitative estimate of drug-likeness (QED) is 0.797. The number of morpholine rings is 1. The van der Waals surface area contributed by atoms with Gasteiger partial charge in [-0.25, -0.2) is 14.8 Å². The lowest BCUT2D eigenvalue weighted by Crippen LogP contribution is -2.46. The van der Waals surface area contributed by atoms with Crippen molar-refractivity contribution in [1.82, 2.24) is 9.97 Å². The molecule has 0 spiro atoms. The number of carboxylic acid groups (broad SMARTS) is 1. The molecule has 1 unspecified atom stereocenters. The maximum absolute atomic E-state index is 11.5. The average Bonchev–Trinajstić information content (AvgIpc) is 2.68. The number of ether oxygens (including phenoxy) is 2. The van der Waals surface area contributed by atoms with Gasteiger partial charge in [-0.15, -0.1) is 0 Å². The van der Waals surface area contributed by atoms with Crippen molar-refractivity contribution in [2.75, 3.05) is 37.7 Å². The number of aromatic nitrogens is 2. The van der Waals surface area contributed by atoms with Crippen LogP contribution >= 0.6 is 0 Å². The van der Waals surface area contributed by atoms with E-state index in [0.717, 1.165) is 0 Å². The van der Waals surface area contributed by atoms with Crippen molar-refractivity contribution in [2.45, 2.75) is 13.0 Å². The normalized spacial score (nSPS) is 17.2. The average molecular weight is 358 g/mol. The number of nitrogens with two attached hydrogens (primary N) is 1. The van der Waals surface area contributed by atoms with Crippen molar-refractivity contribution in [3.8, 4) is 17.0 Å². The zero-order valence-electron chi connectivity index (χ0n) is 14.6. The molecule has 0 amide bonds. The molecule has 1 atom stereocenters. The van der Waals surface area contributed by atoms with Gasteiger partial charge < -0.3 is 25.2 Å². The molecule has 8 heteroatoms. The second kappa shape index (κ2) is 8.11. The van der Waals surface area contributed by atoms with Gasteiger partial charge in [-0.1, -0.05) is 0 Å². The predicted octanol–water partition coefficient (Wildman–Crippen LogP) is 1.40. The first-order valence-electron chi connectivity index (χ1n) is 8.52. The highest BCUT2D eigenvalue weighted by atomic mass is 16.5. The molecular formula is C18H22N4O4. The van der Waals surface area contributed by atoms with Crippen molar-refractivity contribution < 1.29 is 19.4 Å². The minimum absolute atomic E-state index is 0.0416. The van der Waals surface area contributed by atoms with Gasteiger partial charge in [-0.05, 0) is 31.2 Å². The van der Waals surface area contributed by atoms with Gasteiger partial charge in [0.1, 0.15) is 11.3 Å². The number of rotatable bonds is 6. The lowest BCUT2D eigenvalue weighted by molar-refractivity contribution is 0.0460. The predicted molar refractivity (Wildman–Crippen MR) is 96.6 cm³/mol. The van der Waals surface area contributed by atoms with Crippen molar-refractivity contribution in [1.29, 1.82) is 0 Å². The molecule has 0 bridgehead atoms. The molecule has 0 saturated carbocycles. The number of carboxylic acids is 1. The van der Waals surface area contributed by atoms with Crippen LogP contribution in [0.1, 0.15) is 17.3 Å². The highest BCUT2D eigenvalue weighted by Gasteiger charge is 2.22. The zero-order valence-corrected chi connectivity index (χ0v) is 14.6. The molecule has 1 aliphatic heterocycles. The van der Waals surface area contributed by atoms with Gasteiger partial charge in [0.15, 0.2) is 0 Å². The fraction of sp³-hybridized carbons (Fsp3) is 0.389. The minimum atomic E-state index is -1.04. The van der Waals surface area contributed by atoms with E-state index in [0.29, 0.717) is 55.8 Å². The maximum atomic E-state index is 11.5. The van der Waals surface area contributed by atoms with Crippen molar-refractivity contribution >= 4 is 11.9 Å². The highest BCUT2D eigenvalue weighted by molar-refractivity contribution is 5.92. The SMILES string of the molecule is CCOc1ccc(-c2ccnc(N3CCOC(CN)C3)n2)cc1C(=O)O. The Morgan fingerprint density at radius 2 is 2.31 bits per heavy atom. The third-order valence-electron chi connectivity index (χ3n) is 4.13. The largest absolute Gasteiger partial charge is 0.493 e. The zero-order chi connectivity index (χ0) is 18.5. The lowest BCUT2D eigenvalue weighted by Gasteiger charge is -2.32. The minimum Gasteiger partial charge on any atom is -0.493 e. The van der Waals surface area contributed by atoms with Crippen LogP contribution in [0.4, 0.5) is 5.95 Å². The maximum Gasteiger partial charge on any atom is 0.339 e. The Balaban J connectivity index is 1.90. The van der Waals surface area contributed by atoms with Crippen LogP contribution in [0.25, 0.3) is 11.3 Å². The van der Waals surface area contributed by atoms with Crippen LogP contribution in [0.5, 0.6) is 5.75 Å². The van der Waals surface area contributed by atoms with E-state index in [-0.39, 0.29) is 11.7 Å². The summed E-state index contributed by atoms with van der Waals surface area (Å²) in [6.45, 7) is 4.54. The monoisotopic (exact) mass is 358 g/mol. The smallest absolute Gasteiger partial charge is 0.339 e. The first-order valence-corrected chi connectivity index (χ1v) is 8.52. The van der Waals surface area contributed by atoms with Crippen LogP contribution in [-0.4, -0.2) is 60.0 Å². The van der Waals surface area contributed by atoms with Gasteiger partial charge in [-0.2, -0.15) is 0 Å². The third-order valence-corrected chi connectivity index (χ3v) is 4.13. The van der Waals surface area contributed by atoms with Crippen molar-refractivity contribution in [3.05, 3.63) is 36.0 Å². The molecule has 138 valence electrons. The molecule has 1 aromatic heterocycles. The summed E-state index contributed by atoms with van der Waals surface area (Å²) in [6.07, 6.45) is 1.63. The number of hydrogen-bond donors (Lipinski definition) is 2. The topological polar surface area (TPSA) is 111 Å². The molecule has 8 nitrogen and oxygen atoms in total. The van der Waals surface area contributed by atoms with Crippen LogP contribution in [0, 0.1) is 0 Å². The Kier molecular flexibility index (Phi) is 5.65. The van der Waals surface area contributed by atoms with Crippen molar-refractivity contribution in [2.24, 2.45) is 5.73 Å². The van der Waals surface area contributed by atoms with E-state index < -0.39 is 5.97 Å². The number of carbonyl (C=O) groups is 1. The molecular weight excluding hydrogens is 336 g/mol. The molecule has 2 aromatic rings. The third kappa shape index (κ3) is 3.92. The number of nitrogens with zero attached hydrogens (tertiary/aromatic N) is 3. The summed E-state index contributed by atoms with van der Waals surface area (Å²) in [6, 6.07) is 6.78. The van der Waals surface area contributed by atoms with E-state index >= 15 is 0 Å². The molecule has 1 aliphatic rings. The standard InChI is InChI=1S/C18H22N4O4/c1-2-25-16-4-3-12(9-14(16)17(23)24)15-5-6-20-18(21-15)22-7-8-26-13(10-19)11-22/h3-6,9,13H,2,7-8,10-11,19H2,1H3,(H,23,24). The van der Waals surface area contributed by atoms with Gasteiger partial charge in [0.05, 0.1) is 25.0 Å². The summed E-state index contributed by atoms with van der Waals surface area (Å²) in [4.78, 5) is 22.5. The van der Waals surface area contributed by atoms with E-state index in [9.17, 15) is 9.90 Å². The summed E-state index contributed by atoms with van der Waals surface area (Å²) < 4.78 is 11.0. The summed E-state index contributed by atoms with van der Waals surface area (Å²) in [7, 11) is 0. The Bertz CT molecular complexity index is 784. The van der Waals surface area contributed by atoms with Crippen LogP contribution < -0.4 is 15.4 Å². The number of anilines is 1. The second-order valence-corrected chi connectivity index (χ2v) is 5.87. The van der Waals surface area contributed by atoms with Crippen LogP contribution in [-0.2, 0) is 4.74 Å². The Morgan fingerprint density at radius 3 is 3.04 bits per heavy atom. The van der Waals surface area contributed by atoms with Gasteiger partial charge >= 0.3 is 5.97 Å². The van der Waals surface area contributed by atoms with E-state index in [1.165, 1.54) is 0 Å². The summed E-state index contributed by atoms with van der Waals surface area (Å²) in [5, 5.41) is 9.43. The van der Waals surface area contributed by atoms with E-state index in [1.54, 1.807) is 30.5 Å². The Hall–Kier alpha value is -2.71. The Morgan fingerprint density at radius 1 is 1.46 bits per heavy atom. The number of hydrogen-bond acceptors (Lipinski definition) is 7. The molecule has 1 fully saturated rings. The van der Waals surface area contributed by atoms with Crippen LogP contribution in [0.15, 0.2) is 30.5 Å².